The number of benzene rings is 3. The van der Waals surface area contributed by atoms with E-state index < -0.39 is 38.9 Å². The van der Waals surface area contributed by atoms with E-state index in [1.807, 2.05) is 6.92 Å². The molecule has 0 unspecified atom stereocenters. The van der Waals surface area contributed by atoms with Crippen LogP contribution < -0.4 is 26.1 Å². The van der Waals surface area contributed by atoms with Crippen molar-refractivity contribution in [1.82, 2.24) is 19.5 Å². The van der Waals surface area contributed by atoms with Gasteiger partial charge in [-0.25, -0.2) is 36.9 Å². The highest BCUT2D eigenvalue weighted by molar-refractivity contribution is 7.95. The van der Waals surface area contributed by atoms with Crippen LogP contribution in [0.3, 0.4) is 0 Å². The quantitative estimate of drug-likeness (QED) is 0.0688. The van der Waals surface area contributed by atoms with Crippen LogP contribution in [0.25, 0.3) is 33.5 Å². The van der Waals surface area contributed by atoms with Crippen molar-refractivity contribution in [2.45, 2.75) is 77.5 Å². The van der Waals surface area contributed by atoms with Crippen LogP contribution in [0.1, 0.15) is 89.2 Å². The van der Waals surface area contributed by atoms with Gasteiger partial charge in [0, 0.05) is 27.8 Å². The first-order valence-electron chi connectivity index (χ1n) is 21.8. The Bertz CT molecular complexity index is 3260. The Kier molecular flexibility index (Phi) is 11.7. The molecular formula is C49H46F2N6O9S. The molecule has 3 aromatic heterocycles. The Morgan fingerprint density at radius 2 is 1.84 bits per heavy atom. The van der Waals surface area contributed by atoms with Gasteiger partial charge in [-0.2, -0.15) is 0 Å². The number of nitrogens with two attached hydrogens (primary N) is 1. The minimum Gasteiger partial charge on any atom is -0.488 e. The minimum atomic E-state index is -3.91. The minimum absolute atomic E-state index is 0.00813. The zero-order valence-electron chi connectivity index (χ0n) is 36.9. The van der Waals surface area contributed by atoms with E-state index in [2.05, 4.69) is 21.9 Å². The first-order valence-corrected chi connectivity index (χ1v) is 23.5. The van der Waals surface area contributed by atoms with Gasteiger partial charge < -0.3 is 34.9 Å². The first-order chi connectivity index (χ1) is 32.0. The third-order valence-electron chi connectivity index (χ3n) is 12.8. The van der Waals surface area contributed by atoms with Gasteiger partial charge in [-0.05, 0) is 110 Å². The second-order valence-electron chi connectivity index (χ2n) is 16.9. The number of aliphatic hydroxyl groups is 1. The number of nitrogens with one attached hydrogen (secondary N) is 1. The zero-order valence-corrected chi connectivity index (χ0v) is 37.7. The number of nitrogens with zero attached hydrogens (tertiary/aromatic N) is 4. The topological polar surface area (TPSA) is 215 Å². The maximum atomic E-state index is 15.1. The van der Waals surface area contributed by atoms with Crippen molar-refractivity contribution in [2.75, 3.05) is 30.0 Å². The van der Waals surface area contributed by atoms with Gasteiger partial charge in [0.15, 0.2) is 27.0 Å². The Morgan fingerprint density at radius 1 is 1.04 bits per heavy atom. The smallest absolute Gasteiger partial charge is 0.343 e. The highest BCUT2D eigenvalue weighted by Crippen LogP contribution is 2.43. The molecule has 1 atom stereocenters. The Morgan fingerprint density at radius 3 is 2.57 bits per heavy atom. The van der Waals surface area contributed by atoms with E-state index >= 15 is 4.39 Å². The molecule has 4 N–H and O–H groups in total. The van der Waals surface area contributed by atoms with Gasteiger partial charge in [-0.15, -0.1) is 0 Å². The molecule has 3 aliphatic rings. The van der Waals surface area contributed by atoms with E-state index in [9.17, 15) is 32.3 Å². The maximum Gasteiger partial charge on any atom is 0.343 e. The molecule has 0 saturated heterocycles. The summed E-state index contributed by atoms with van der Waals surface area (Å²) in [5, 5.41) is 14.6. The van der Waals surface area contributed by atoms with Crippen LogP contribution in [-0.4, -0.2) is 63.9 Å². The number of carbonyl (C=O) groups excluding carboxylic acids is 2. The van der Waals surface area contributed by atoms with Gasteiger partial charge in [0.1, 0.15) is 42.6 Å². The number of fused-ring (bicyclic) bond motifs is 5. The normalized spacial score (nSPS) is 16.2. The lowest BCUT2D eigenvalue weighted by molar-refractivity contribution is -0.172. The van der Waals surface area contributed by atoms with Gasteiger partial charge in [-0.3, -0.25) is 9.59 Å². The molecule has 15 nitrogen and oxygen atoms in total. The van der Waals surface area contributed by atoms with E-state index in [-0.39, 0.29) is 101 Å². The number of rotatable bonds is 15. The van der Waals surface area contributed by atoms with Gasteiger partial charge in [0.2, 0.25) is 0 Å². The monoisotopic (exact) mass is 932 g/mol. The number of anilines is 2. The lowest BCUT2D eigenvalue weighted by Gasteiger charge is -2.31. The van der Waals surface area contributed by atoms with Crippen LogP contribution in [-0.2, 0) is 44.5 Å². The molecule has 6 aromatic rings. The van der Waals surface area contributed by atoms with E-state index in [1.54, 1.807) is 48.7 Å². The van der Waals surface area contributed by atoms with Gasteiger partial charge in [0.05, 0.1) is 51.8 Å². The second-order valence-corrected chi connectivity index (χ2v) is 19.1. The third kappa shape index (κ3) is 8.17. The van der Waals surface area contributed by atoms with Gasteiger partial charge in [0.25, 0.3) is 11.5 Å². The molecule has 1 aliphatic carbocycles. The molecule has 1 saturated carbocycles. The number of halogens is 2. The summed E-state index contributed by atoms with van der Waals surface area (Å²) >= 11 is 0. The highest BCUT2D eigenvalue weighted by Gasteiger charge is 2.45. The van der Waals surface area contributed by atoms with Crippen molar-refractivity contribution >= 4 is 44.1 Å². The van der Waals surface area contributed by atoms with Crippen LogP contribution in [0.4, 0.5) is 20.3 Å². The SMILES string of the molecule is C=C(COc1ccc2nc3c(c(CC)c2c1)Cn1c-3cc2c(c1=O)COC(=O)[C@]2(O)CC)S(=O)(=O)CCCOc1c(N)ncnc1-c1cc(F)cc(NC(=O)c2ccc(C3CC3)cc2F)c1C. The van der Waals surface area contributed by atoms with Crippen LogP contribution in [0, 0.1) is 18.6 Å². The molecule has 0 radical (unpaired) electrons. The Labute approximate surface area is 383 Å². The van der Waals surface area contributed by atoms with Crippen molar-refractivity contribution < 1.29 is 46.1 Å². The first kappa shape index (κ1) is 45.1. The average molecular weight is 933 g/mol. The number of nitrogen functional groups attached to an aromatic ring is 1. The van der Waals surface area contributed by atoms with Crippen LogP contribution >= 0.6 is 0 Å². The second kappa shape index (κ2) is 17.3. The Balaban J connectivity index is 0.855. The van der Waals surface area contributed by atoms with Crippen LogP contribution in [0.5, 0.6) is 11.5 Å². The number of carbonyl (C=O) groups is 2. The lowest BCUT2D eigenvalue weighted by Crippen LogP contribution is -2.44. The molecule has 346 valence electrons. The number of esters is 1. The number of amides is 1. The van der Waals surface area contributed by atoms with Gasteiger partial charge in [-0.1, -0.05) is 26.5 Å². The van der Waals surface area contributed by atoms with E-state index in [1.165, 1.54) is 18.2 Å². The molecule has 0 spiro atoms. The summed E-state index contributed by atoms with van der Waals surface area (Å²) < 4.78 is 75.5. The fraction of sp³-hybridized carbons (Fsp3) is 0.306. The molecule has 3 aromatic carbocycles. The maximum absolute atomic E-state index is 15.1. The van der Waals surface area contributed by atoms with E-state index in [4.69, 9.17) is 24.9 Å². The zero-order chi connectivity index (χ0) is 47.5. The average Bonchev–Trinajstić information content (AvgIpc) is 4.10. The van der Waals surface area contributed by atoms with Crippen molar-refractivity contribution in [3.8, 4) is 34.1 Å². The summed E-state index contributed by atoms with van der Waals surface area (Å²) in [7, 11) is -3.91. The number of hydrogen-bond acceptors (Lipinski definition) is 13. The summed E-state index contributed by atoms with van der Waals surface area (Å²) in [6.07, 6.45) is 3.69. The number of sulfone groups is 1. The summed E-state index contributed by atoms with van der Waals surface area (Å²) in [5.74, 6) is -2.77. The van der Waals surface area contributed by atoms with Crippen molar-refractivity contribution in [3.63, 3.8) is 0 Å². The fourth-order valence-corrected chi connectivity index (χ4v) is 9.83. The molecule has 0 bridgehead atoms. The van der Waals surface area contributed by atoms with E-state index in [0.29, 0.717) is 40.6 Å². The summed E-state index contributed by atoms with van der Waals surface area (Å²) in [5.41, 5.74) is 9.11. The number of aromatic nitrogens is 4. The fourth-order valence-electron chi connectivity index (χ4n) is 8.81. The summed E-state index contributed by atoms with van der Waals surface area (Å²) in [6, 6.07) is 13.6. The summed E-state index contributed by atoms with van der Waals surface area (Å²) in [6.45, 7) is 8.51. The molecule has 2 aliphatic heterocycles. The van der Waals surface area contributed by atoms with E-state index in [0.717, 1.165) is 47.3 Å². The Hall–Kier alpha value is -7.05. The highest BCUT2D eigenvalue weighted by atomic mass is 32.2. The number of cyclic esters (lactones) is 1. The largest absolute Gasteiger partial charge is 0.488 e. The molecule has 67 heavy (non-hydrogen) atoms. The van der Waals surface area contributed by atoms with Crippen molar-refractivity contribution in [3.05, 3.63) is 133 Å². The molecule has 1 fully saturated rings. The van der Waals surface area contributed by atoms with Crippen molar-refractivity contribution in [1.29, 1.82) is 0 Å². The van der Waals surface area contributed by atoms with Crippen LogP contribution in [0.2, 0.25) is 0 Å². The van der Waals surface area contributed by atoms with Crippen molar-refractivity contribution in [2.24, 2.45) is 0 Å². The summed E-state index contributed by atoms with van der Waals surface area (Å²) in [4.78, 5) is 52.5. The lowest BCUT2D eigenvalue weighted by atomic mass is 9.86. The number of aryl methyl sites for hydroxylation is 1. The molecule has 1 amide bonds. The van der Waals surface area contributed by atoms with Gasteiger partial charge >= 0.3 is 5.97 Å². The molecule has 18 heteroatoms. The number of ether oxygens (including phenoxy) is 3. The number of hydrogen-bond donors (Lipinski definition) is 3. The van der Waals surface area contributed by atoms with Crippen LogP contribution in [0.15, 0.2) is 77.2 Å². The predicted octanol–water partition coefficient (Wildman–Crippen LogP) is 7.17. The predicted molar refractivity (Wildman–Crippen MR) is 245 cm³/mol. The standard InChI is InChI=1S/C49H46F2N6O9S/c1-5-31-34-19-30(11-13-39(34)55-42-35(31)21-57-41(42)20-37-36(47(57)59)23-66-48(60)49(37,61)6-2)65-22-25(3)67(62,63)15-7-14-64-44-43(53-24-54-45(44)52)33-17-29(50)18-40(26(33)4)56-46(58)32-12-10-28(16-38(32)51)27-8-9-27/h10-13,16-20,24,27,61H,3,5-9,14-15,21-23H2,1-2,4H3,(H,56,58)(H2,52,53,54)/t49-/m0/s1. The third-order valence-corrected chi connectivity index (χ3v) is 14.6. The molecule has 9 rings (SSSR count). The number of pyridine rings is 2. The molecule has 5 heterocycles. The molecular weight excluding hydrogens is 887 g/mol.